The van der Waals surface area contributed by atoms with E-state index in [0.29, 0.717) is 6.92 Å². The second-order valence-corrected chi connectivity index (χ2v) is 7.16. The van der Waals surface area contributed by atoms with E-state index in [1.807, 2.05) is 0 Å². The molecule has 0 fully saturated rings. The van der Waals surface area contributed by atoms with E-state index in [2.05, 4.69) is 16.8 Å². The summed E-state index contributed by atoms with van der Waals surface area (Å²) >= 11 is 12.0. The van der Waals surface area contributed by atoms with Gasteiger partial charge in [-0.15, -0.1) is 0 Å². The van der Waals surface area contributed by atoms with Gasteiger partial charge in [0.1, 0.15) is 11.9 Å². The van der Waals surface area contributed by atoms with Crippen LogP contribution in [0.3, 0.4) is 0 Å². The van der Waals surface area contributed by atoms with Crippen LogP contribution in [-0.2, 0) is 0 Å². The molecule has 0 saturated heterocycles. The summed E-state index contributed by atoms with van der Waals surface area (Å²) in [4.78, 5) is 3.88. The molecule has 1 aromatic carbocycles. The van der Waals surface area contributed by atoms with Gasteiger partial charge in [0.05, 0.1) is 5.02 Å². The Morgan fingerprint density at radius 3 is 2.59 bits per heavy atom. The molecular weight excluding hydrogens is 435 g/mol. The molecule has 0 radical (unpaired) electrons. The van der Waals surface area contributed by atoms with Gasteiger partial charge in [0.2, 0.25) is 0 Å². The third-order valence-electron chi connectivity index (χ3n) is 3.95. The summed E-state index contributed by atoms with van der Waals surface area (Å²) in [6.07, 6.45) is -5.22. The number of aliphatic hydroxyl groups is 1. The Kier molecular flexibility index (Phi) is 6.89. The van der Waals surface area contributed by atoms with E-state index in [9.17, 15) is 22.7 Å². The van der Waals surface area contributed by atoms with Gasteiger partial charge >= 0.3 is 6.18 Å². The van der Waals surface area contributed by atoms with Gasteiger partial charge in [0.25, 0.3) is 0 Å². The third-order valence-corrected chi connectivity index (χ3v) is 4.66. The van der Waals surface area contributed by atoms with Crippen LogP contribution in [0.2, 0.25) is 10.0 Å². The largest absolute Gasteiger partial charge is 0.482 e. The molecule has 0 spiro atoms. The Morgan fingerprint density at radius 1 is 1.31 bits per heavy atom. The van der Waals surface area contributed by atoms with Crippen LogP contribution in [0.25, 0.3) is 0 Å². The predicted octanol–water partition coefficient (Wildman–Crippen LogP) is 5.30. The van der Waals surface area contributed by atoms with E-state index in [1.165, 1.54) is 18.3 Å². The zero-order valence-corrected chi connectivity index (χ0v) is 16.8. The van der Waals surface area contributed by atoms with E-state index in [0.717, 1.165) is 6.07 Å². The first-order valence-corrected chi connectivity index (χ1v) is 8.92. The van der Waals surface area contributed by atoms with Crippen molar-refractivity contribution in [2.75, 3.05) is 5.73 Å². The summed E-state index contributed by atoms with van der Waals surface area (Å²) in [6.45, 7) is 2.19. The molecule has 3 N–H and O–H groups in total. The molecule has 2 aromatic rings. The molecular formula is C19H16Cl2F4N2O2. The Hall–Kier alpha value is -2.21. The van der Waals surface area contributed by atoms with Crippen molar-refractivity contribution in [1.82, 2.24) is 4.98 Å². The van der Waals surface area contributed by atoms with Crippen molar-refractivity contribution in [1.29, 1.82) is 0 Å². The minimum atomic E-state index is -4.81. The number of halogens is 6. The Morgan fingerprint density at radius 2 is 1.97 bits per heavy atom. The van der Waals surface area contributed by atoms with Crippen LogP contribution in [0.15, 0.2) is 24.4 Å². The van der Waals surface area contributed by atoms with Crippen LogP contribution in [-0.4, -0.2) is 21.9 Å². The highest BCUT2D eigenvalue weighted by Crippen LogP contribution is 2.36. The minimum absolute atomic E-state index is 0.0201. The van der Waals surface area contributed by atoms with Crippen molar-refractivity contribution in [2.45, 2.75) is 38.1 Å². The number of benzene rings is 1. The molecule has 29 heavy (non-hydrogen) atoms. The van der Waals surface area contributed by atoms with E-state index < -0.39 is 30.1 Å². The van der Waals surface area contributed by atoms with Gasteiger partial charge in [0.15, 0.2) is 17.2 Å². The highest BCUT2D eigenvalue weighted by Gasteiger charge is 2.49. The van der Waals surface area contributed by atoms with E-state index in [1.54, 1.807) is 6.92 Å². The molecule has 10 heteroatoms. The van der Waals surface area contributed by atoms with Gasteiger partial charge < -0.3 is 15.6 Å². The fourth-order valence-corrected chi connectivity index (χ4v) is 2.88. The average molecular weight is 451 g/mol. The molecule has 1 aromatic heterocycles. The standard InChI is InChI=1S/C19H16Cl2F4N2O2/c1-10(15-12(20)5-6-13(22)16(15)21)29-14-8-11(9-27-17(14)26)4-3-7-18(2,28)19(23,24)25/h5-6,8-10,28H,7H2,1-2H3,(H2,26,27). The second-order valence-electron chi connectivity index (χ2n) is 6.37. The highest BCUT2D eigenvalue weighted by molar-refractivity contribution is 6.36. The number of nitrogens with zero attached hydrogens (tertiary/aromatic N) is 1. The van der Waals surface area contributed by atoms with E-state index >= 15 is 0 Å². The maximum absolute atomic E-state index is 13.7. The normalized spacial score (nSPS) is 14.5. The molecule has 0 bridgehead atoms. The van der Waals surface area contributed by atoms with Crippen LogP contribution < -0.4 is 10.5 Å². The van der Waals surface area contributed by atoms with Crippen LogP contribution >= 0.6 is 23.2 Å². The number of hydrogen-bond acceptors (Lipinski definition) is 4. The van der Waals surface area contributed by atoms with Gasteiger partial charge in [-0.3, -0.25) is 0 Å². The first-order valence-electron chi connectivity index (χ1n) is 8.17. The van der Waals surface area contributed by atoms with Gasteiger partial charge in [-0.05, 0) is 26.0 Å². The lowest BCUT2D eigenvalue weighted by atomic mass is 10.0. The lowest BCUT2D eigenvalue weighted by Crippen LogP contribution is -2.41. The van der Waals surface area contributed by atoms with Crippen LogP contribution in [0.5, 0.6) is 5.75 Å². The molecule has 0 aliphatic rings. The maximum atomic E-state index is 13.7. The quantitative estimate of drug-likeness (QED) is 0.376. The number of rotatable bonds is 4. The molecule has 2 unspecified atom stereocenters. The smallest absolute Gasteiger partial charge is 0.417 e. The Balaban J connectivity index is 2.25. The molecule has 4 nitrogen and oxygen atoms in total. The summed E-state index contributed by atoms with van der Waals surface area (Å²) in [5, 5.41) is 9.38. The predicted molar refractivity (Wildman–Crippen MR) is 102 cm³/mol. The van der Waals surface area contributed by atoms with Gasteiger partial charge in [-0.2, -0.15) is 13.2 Å². The molecule has 0 aliphatic heterocycles. The zero-order chi connectivity index (χ0) is 22.0. The minimum Gasteiger partial charge on any atom is -0.482 e. The van der Waals surface area contributed by atoms with E-state index in [4.69, 9.17) is 33.7 Å². The number of ether oxygens (including phenoxy) is 1. The summed E-state index contributed by atoms with van der Waals surface area (Å²) in [6, 6.07) is 3.80. The second kappa shape index (κ2) is 8.66. The molecule has 156 valence electrons. The van der Waals surface area contributed by atoms with Crippen molar-refractivity contribution in [3.63, 3.8) is 0 Å². The average Bonchev–Trinajstić information content (AvgIpc) is 2.60. The topological polar surface area (TPSA) is 68.4 Å². The monoisotopic (exact) mass is 450 g/mol. The zero-order valence-electron chi connectivity index (χ0n) is 15.2. The van der Waals surface area contributed by atoms with E-state index in [-0.39, 0.29) is 32.7 Å². The molecule has 1 heterocycles. The maximum Gasteiger partial charge on any atom is 0.417 e. The van der Waals surface area contributed by atoms with Crippen molar-refractivity contribution in [2.24, 2.45) is 0 Å². The number of nitrogens with two attached hydrogens (primary N) is 1. The van der Waals surface area contributed by atoms with Crippen LogP contribution in [0.4, 0.5) is 23.4 Å². The van der Waals surface area contributed by atoms with Gasteiger partial charge in [-0.1, -0.05) is 35.0 Å². The molecule has 2 atom stereocenters. The fraction of sp³-hybridized carbons (Fsp3) is 0.316. The lowest BCUT2D eigenvalue weighted by Gasteiger charge is -2.23. The molecule has 0 aliphatic carbocycles. The Labute approximate surface area is 174 Å². The van der Waals surface area contributed by atoms with Gasteiger partial charge in [0, 0.05) is 34.8 Å². The molecule has 2 rings (SSSR count). The van der Waals surface area contributed by atoms with Crippen molar-refractivity contribution < 1.29 is 27.4 Å². The van der Waals surface area contributed by atoms with Crippen LogP contribution in [0, 0.1) is 17.7 Å². The molecule has 0 saturated carbocycles. The number of hydrogen-bond donors (Lipinski definition) is 2. The van der Waals surface area contributed by atoms with Crippen molar-refractivity contribution in [3.8, 4) is 17.6 Å². The molecule has 0 amide bonds. The van der Waals surface area contributed by atoms with Gasteiger partial charge in [-0.25, -0.2) is 9.37 Å². The number of anilines is 1. The number of pyridine rings is 1. The first kappa shape index (κ1) is 23.1. The van der Waals surface area contributed by atoms with Crippen molar-refractivity contribution >= 4 is 29.0 Å². The van der Waals surface area contributed by atoms with Crippen LogP contribution in [0.1, 0.15) is 37.5 Å². The number of aromatic nitrogens is 1. The highest BCUT2D eigenvalue weighted by atomic mass is 35.5. The Bertz CT molecular complexity index is 969. The third kappa shape index (κ3) is 5.44. The number of nitrogen functional groups attached to an aromatic ring is 1. The summed E-state index contributed by atoms with van der Waals surface area (Å²) in [5.41, 5.74) is 3.22. The van der Waals surface area contributed by atoms with Crippen molar-refractivity contribution in [3.05, 3.63) is 51.4 Å². The summed E-state index contributed by atoms with van der Waals surface area (Å²) in [5.74, 6) is 4.08. The first-order chi connectivity index (χ1) is 13.3. The summed E-state index contributed by atoms with van der Waals surface area (Å²) < 4.78 is 57.4. The number of alkyl halides is 3. The lowest BCUT2D eigenvalue weighted by molar-refractivity contribution is -0.250. The SMILES string of the molecule is CC(Oc1cc(C#CCC(C)(O)C(F)(F)F)cnc1N)c1c(Cl)ccc(F)c1Cl. The summed E-state index contributed by atoms with van der Waals surface area (Å²) in [7, 11) is 0. The fourth-order valence-electron chi connectivity index (χ4n) is 2.20.